The molecule has 0 unspecified atom stereocenters. The third kappa shape index (κ3) is 5.89. The van der Waals surface area contributed by atoms with Crippen LogP contribution < -0.4 is 0 Å². The molecule has 4 aromatic rings. The summed E-state index contributed by atoms with van der Waals surface area (Å²) in [6.45, 7) is 9.61. The number of carbonyl (C=O) groups is 3. The number of nitrogens with zero attached hydrogens (tertiary/aromatic N) is 2. The molecule has 0 spiro atoms. The zero-order chi connectivity index (χ0) is 33.9. The fraction of sp³-hybridized carbons (Fsp3) is 0.293. The zero-order valence-corrected chi connectivity index (χ0v) is 27.8. The minimum Gasteiger partial charge on any atom is -0.458 e. The number of likely N-dealkylation sites (tertiary alicyclic amines) is 1. The zero-order valence-electron chi connectivity index (χ0n) is 27.8. The lowest BCUT2D eigenvalue weighted by Crippen LogP contribution is -2.82. The minimum atomic E-state index is -1.47. The van der Waals surface area contributed by atoms with Crippen molar-refractivity contribution in [1.82, 2.24) is 9.80 Å². The van der Waals surface area contributed by atoms with Gasteiger partial charge in [-0.1, -0.05) is 127 Å². The molecule has 7 heteroatoms. The maximum Gasteiger partial charge on any atom is 0.411 e. The van der Waals surface area contributed by atoms with E-state index in [-0.39, 0.29) is 31.8 Å². The van der Waals surface area contributed by atoms with Crippen LogP contribution in [0, 0.1) is 0 Å². The normalized spacial score (nSPS) is 22.0. The smallest absolute Gasteiger partial charge is 0.411 e. The van der Waals surface area contributed by atoms with Gasteiger partial charge in [0.25, 0.3) is 5.91 Å². The second-order valence-corrected chi connectivity index (χ2v) is 13.6. The maximum absolute atomic E-state index is 15.6. The first-order valence-corrected chi connectivity index (χ1v) is 16.4. The standard InChI is InChI=1S/C41H42N2O5/c1-5-26-40(37(45)48-39(2,3)4,27-30-18-10-6-11-19-30)43-35(33-24-16-9-17-25-33)41(36(43)44,28-31-20-12-7-13-21-31)42-34(29-47-38(42)46)32-22-14-8-15-23-32/h5-25,34-35H,1,26-29H2,2-4H3/t34-,35-,40+,41-/m1/s1. The highest BCUT2D eigenvalue weighted by molar-refractivity contribution is 6.02. The molecule has 0 bridgehead atoms. The maximum atomic E-state index is 15.6. The number of β-lactam (4-membered cyclic amide) rings is 1. The summed E-state index contributed by atoms with van der Waals surface area (Å²) >= 11 is 0. The lowest BCUT2D eigenvalue weighted by atomic mass is 9.65. The van der Waals surface area contributed by atoms with Crippen molar-refractivity contribution in [3.8, 4) is 0 Å². The van der Waals surface area contributed by atoms with Crippen molar-refractivity contribution >= 4 is 18.0 Å². The van der Waals surface area contributed by atoms with Gasteiger partial charge in [0.2, 0.25) is 0 Å². The largest absolute Gasteiger partial charge is 0.458 e. The quantitative estimate of drug-likeness (QED) is 0.0955. The Balaban J connectivity index is 1.61. The van der Waals surface area contributed by atoms with Gasteiger partial charge in [0.05, 0.1) is 12.1 Å². The van der Waals surface area contributed by atoms with Crippen LogP contribution in [0.5, 0.6) is 0 Å². The molecular weight excluding hydrogens is 600 g/mol. The predicted octanol–water partition coefficient (Wildman–Crippen LogP) is 7.64. The summed E-state index contributed by atoms with van der Waals surface area (Å²) < 4.78 is 11.9. The van der Waals surface area contributed by atoms with Crippen LogP contribution in [0.15, 0.2) is 134 Å². The lowest BCUT2D eigenvalue weighted by Gasteiger charge is -2.64. The van der Waals surface area contributed by atoms with Crippen LogP contribution in [-0.4, -0.2) is 51.1 Å². The molecule has 246 valence electrons. The monoisotopic (exact) mass is 642 g/mol. The average Bonchev–Trinajstić information content (AvgIpc) is 3.47. The number of benzene rings is 4. The number of cyclic esters (lactones) is 1. The van der Waals surface area contributed by atoms with E-state index in [9.17, 15) is 9.59 Å². The van der Waals surface area contributed by atoms with Crippen molar-refractivity contribution < 1.29 is 23.9 Å². The first kappa shape index (κ1) is 32.8. The second-order valence-electron chi connectivity index (χ2n) is 13.6. The van der Waals surface area contributed by atoms with Gasteiger partial charge in [-0.25, -0.2) is 9.59 Å². The highest BCUT2D eigenvalue weighted by atomic mass is 16.6. The Morgan fingerprint density at radius 3 is 1.90 bits per heavy atom. The van der Waals surface area contributed by atoms with Crippen LogP contribution in [0.2, 0.25) is 0 Å². The molecule has 2 heterocycles. The number of carbonyl (C=O) groups excluding carboxylic acids is 3. The molecule has 0 N–H and O–H groups in total. The molecule has 0 aromatic heterocycles. The van der Waals surface area contributed by atoms with Gasteiger partial charge in [-0.3, -0.25) is 9.69 Å². The number of esters is 1. The van der Waals surface area contributed by atoms with Gasteiger partial charge in [0, 0.05) is 12.8 Å². The van der Waals surface area contributed by atoms with Crippen LogP contribution in [-0.2, 0) is 31.9 Å². The van der Waals surface area contributed by atoms with Crippen LogP contribution in [0.1, 0.15) is 61.5 Å². The van der Waals surface area contributed by atoms with E-state index in [1.807, 2.05) is 142 Å². The SMILES string of the molecule is C=CC[C@](Cc1ccccc1)(C(=O)OC(C)(C)C)N1C(=O)[C@](Cc2ccccc2)(N2C(=O)OC[C@@H]2c2ccccc2)[C@H]1c1ccccc1. The topological polar surface area (TPSA) is 76.2 Å². The highest BCUT2D eigenvalue weighted by Gasteiger charge is 2.73. The Hall–Kier alpha value is -5.17. The molecule has 0 aliphatic carbocycles. The molecule has 2 aliphatic heterocycles. The van der Waals surface area contributed by atoms with Gasteiger partial charge in [0.1, 0.15) is 17.7 Å². The van der Waals surface area contributed by atoms with Crippen molar-refractivity contribution in [2.75, 3.05) is 6.61 Å². The Morgan fingerprint density at radius 1 is 0.833 bits per heavy atom. The van der Waals surface area contributed by atoms with E-state index < -0.39 is 40.8 Å². The molecule has 4 atom stereocenters. The molecule has 2 fully saturated rings. The van der Waals surface area contributed by atoms with Gasteiger partial charge < -0.3 is 14.4 Å². The van der Waals surface area contributed by atoms with Crippen LogP contribution in [0.3, 0.4) is 0 Å². The highest BCUT2D eigenvalue weighted by Crippen LogP contribution is 2.57. The van der Waals surface area contributed by atoms with Crippen molar-refractivity contribution in [1.29, 1.82) is 0 Å². The molecular formula is C41H42N2O5. The average molecular weight is 643 g/mol. The first-order valence-electron chi connectivity index (χ1n) is 16.4. The molecule has 0 radical (unpaired) electrons. The Labute approximate surface area is 282 Å². The van der Waals surface area contributed by atoms with Crippen molar-refractivity contribution in [3.05, 3.63) is 156 Å². The van der Waals surface area contributed by atoms with E-state index in [1.54, 1.807) is 15.9 Å². The second kappa shape index (κ2) is 13.1. The van der Waals surface area contributed by atoms with Crippen molar-refractivity contribution in [2.24, 2.45) is 0 Å². The molecule has 2 amide bonds. The summed E-state index contributed by atoms with van der Waals surface area (Å²) in [5.41, 5.74) is -0.315. The van der Waals surface area contributed by atoms with Gasteiger partial charge in [-0.05, 0) is 49.4 Å². The van der Waals surface area contributed by atoms with Gasteiger partial charge in [-0.15, -0.1) is 6.58 Å². The lowest BCUT2D eigenvalue weighted by molar-refractivity contribution is -0.205. The molecule has 48 heavy (non-hydrogen) atoms. The molecule has 0 saturated carbocycles. The van der Waals surface area contributed by atoms with E-state index in [1.165, 1.54) is 0 Å². The minimum absolute atomic E-state index is 0.0993. The molecule has 7 nitrogen and oxygen atoms in total. The van der Waals surface area contributed by atoms with Gasteiger partial charge >= 0.3 is 12.1 Å². The summed E-state index contributed by atoms with van der Waals surface area (Å²) in [6, 6.07) is 37.4. The Bertz CT molecular complexity index is 1760. The fourth-order valence-corrected chi connectivity index (χ4v) is 7.33. The van der Waals surface area contributed by atoms with E-state index in [4.69, 9.17) is 9.47 Å². The Kier molecular flexibility index (Phi) is 8.97. The van der Waals surface area contributed by atoms with Crippen LogP contribution in [0.4, 0.5) is 4.79 Å². The van der Waals surface area contributed by atoms with E-state index in [0.717, 1.165) is 22.3 Å². The predicted molar refractivity (Wildman–Crippen MR) is 185 cm³/mol. The van der Waals surface area contributed by atoms with Crippen molar-refractivity contribution in [3.63, 3.8) is 0 Å². The number of hydrogen-bond acceptors (Lipinski definition) is 5. The number of ether oxygens (including phenoxy) is 2. The molecule has 6 rings (SSSR count). The van der Waals surface area contributed by atoms with Gasteiger partial charge in [0.15, 0.2) is 5.54 Å². The molecule has 4 aromatic carbocycles. The molecule has 2 aliphatic rings. The first-order chi connectivity index (χ1) is 23.1. The van der Waals surface area contributed by atoms with E-state index in [0.29, 0.717) is 0 Å². The molecule has 2 saturated heterocycles. The third-order valence-corrected chi connectivity index (χ3v) is 9.28. The summed E-state index contributed by atoms with van der Waals surface area (Å²) in [4.78, 5) is 47.7. The number of hydrogen-bond donors (Lipinski definition) is 0. The van der Waals surface area contributed by atoms with Crippen LogP contribution >= 0.6 is 0 Å². The van der Waals surface area contributed by atoms with E-state index in [2.05, 4.69) is 6.58 Å². The summed E-state index contributed by atoms with van der Waals surface area (Å²) in [5.74, 6) is -0.867. The number of rotatable bonds is 11. The van der Waals surface area contributed by atoms with Crippen molar-refractivity contribution in [2.45, 2.75) is 68.8 Å². The fourth-order valence-electron chi connectivity index (χ4n) is 7.33. The third-order valence-electron chi connectivity index (χ3n) is 9.28. The van der Waals surface area contributed by atoms with E-state index >= 15 is 4.79 Å². The van der Waals surface area contributed by atoms with Gasteiger partial charge in [-0.2, -0.15) is 0 Å². The Morgan fingerprint density at radius 2 is 1.35 bits per heavy atom. The van der Waals surface area contributed by atoms with Crippen LogP contribution in [0.25, 0.3) is 0 Å². The summed E-state index contributed by atoms with van der Waals surface area (Å²) in [7, 11) is 0. The summed E-state index contributed by atoms with van der Waals surface area (Å²) in [5, 5.41) is 0. The summed E-state index contributed by atoms with van der Waals surface area (Å²) in [6.07, 6.45) is 1.65. The number of amides is 2.